The molecule has 0 unspecified atom stereocenters. The van der Waals surface area contributed by atoms with Crippen LogP contribution < -0.4 is 9.64 Å². The largest absolute Gasteiger partial charge is 0.497 e. The van der Waals surface area contributed by atoms with Gasteiger partial charge in [-0.25, -0.2) is 4.79 Å². The number of Topliss-reactive ketones (excluding diaryl/α,β-unsaturated/α-hetero) is 1. The van der Waals surface area contributed by atoms with E-state index in [1.807, 2.05) is 6.92 Å². The van der Waals surface area contributed by atoms with Crippen molar-refractivity contribution < 1.29 is 33.4 Å². The molecule has 8 nitrogen and oxygen atoms in total. The molecule has 0 aromatic heterocycles. The summed E-state index contributed by atoms with van der Waals surface area (Å²) >= 11 is 0. The Bertz CT molecular complexity index is 1000. The van der Waals surface area contributed by atoms with Gasteiger partial charge in [0.25, 0.3) is 0 Å². The van der Waals surface area contributed by atoms with Gasteiger partial charge >= 0.3 is 11.9 Å². The van der Waals surface area contributed by atoms with Gasteiger partial charge in [-0.3, -0.25) is 14.4 Å². The van der Waals surface area contributed by atoms with Gasteiger partial charge in [-0.2, -0.15) is 0 Å². The molecule has 1 fully saturated rings. The molecule has 0 radical (unpaired) electrons. The van der Waals surface area contributed by atoms with E-state index in [2.05, 4.69) is 0 Å². The van der Waals surface area contributed by atoms with E-state index in [0.717, 1.165) is 6.42 Å². The van der Waals surface area contributed by atoms with E-state index >= 15 is 0 Å². The Balaban J connectivity index is 1.56. The van der Waals surface area contributed by atoms with E-state index in [1.165, 1.54) is 12.0 Å². The van der Waals surface area contributed by atoms with Crippen molar-refractivity contribution in [3.63, 3.8) is 0 Å². The van der Waals surface area contributed by atoms with Crippen LogP contribution in [0.4, 0.5) is 5.69 Å². The maximum atomic E-state index is 12.4. The van der Waals surface area contributed by atoms with Crippen molar-refractivity contribution in [2.24, 2.45) is 5.92 Å². The Hall–Kier alpha value is -3.68. The van der Waals surface area contributed by atoms with Crippen molar-refractivity contribution >= 4 is 29.3 Å². The van der Waals surface area contributed by atoms with Crippen molar-refractivity contribution in [2.45, 2.75) is 19.8 Å². The summed E-state index contributed by atoms with van der Waals surface area (Å²) in [5.74, 6) is -1.75. The molecule has 1 aliphatic heterocycles. The second-order valence-electron chi connectivity index (χ2n) is 7.35. The van der Waals surface area contributed by atoms with Crippen molar-refractivity contribution in [2.75, 3.05) is 31.8 Å². The Kier molecular flexibility index (Phi) is 7.59. The molecule has 0 aliphatic carbocycles. The van der Waals surface area contributed by atoms with Crippen LogP contribution in [0.5, 0.6) is 5.75 Å². The molecule has 1 heterocycles. The highest BCUT2D eigenvalue weighted by molar-refractivity contribution is 6.01. The van der Waals surface area contributed by atoms with E-state index in [-0.39, 0.29) is 24.7 Å². The smallest absolute Gasteiger partial charge is 0.338 e. The summed E-state index contributed by atoms with van der Waals surface area (Å²) in [5.41, 5.74) is 1.34. The van der Waals surface area contributed by atoms with Crippen molar-refractivity contribution in [1.82, 2.24) is 0 Å². The molecular formula is C24H25NO7. The number of amides is 1. The molecule has 32 heavy (non-hydrogen) atoms. The summed E-state index contributed by atoms with van der Waals surface area (Å²) in [5, 5.41) is 0. The van der Waals surface area contributed by atoms with Crippen LogP contribution in [0.3, 0.4) is 0 Å². The second-order valence-corrected chi connectivity index (χ2v) is 7.35. The number of esters is 2. The van der Waals surface area contributed by atoms with Crippen LogP contribution in [0.2, 0.25) is 0 Å². The average molecular weight is 439 g/mol. The molecule has 2 aromatic carbocycles. The van der Waals surface area contributed by atoms with Crippen molar-refractivity contribution in [3.05, 3.63) is 59.7 Å². The zero-order valence-electron chi connectivity index (χ0n) is 18.0. The molecule has 168 valence electrons. The Labute approximate surface area is 186 Å². The minimum absolute atomic E-state index is 0.00746. The number of anilines is 1. The monoisotopic (exact) mass is 439 g/mol. The summed E-state index contributed by atoms with van der Waals surface area (Å²) in [6.45, 7) is 1.98. The predicted molar refractivity (Wildman–Crippen MR) is 116 cm³/mol. The van der Waals surface area contributed by atoms with Crippen LogP contribution in [0, 0.1) is 5.92 Å². The highest BCUT2D eigenvalue weighted by Crippen LogP contribution is 2.26. The maximum Gasteiger partial charge on any atom is 0.338 e. The number of carbonyl (C=O) groups excluding carboxylic acids is 4. The number of methoxy groups -OCH3 is 1. The molecular weight excluding hydrogens is 414 g/mol. The van der Waals surface area contributed by atoms with E-state index in [4.69, 9.17) is 14.2 Å². The van der Waals surface area contributed by atoms with Gasteiger partial charge in [0.05, 0.1) is 25.2 Å². The summed E-state index contributed by atoms with van der Waals surface area (Å²) in [6.07, 6.45) is 0.723. The van der Waals surface area contributed by atoms with E-state index in [0.29, 0.717) is 29.2 Å². The highest BCUT2D eigenvalue weighted by atomic mass is 16.5. The van der Waals surface area contributed by atoms with E-state index in [1.54, 1.807) is 48.5 Å². The number of rotatable bonds is 9. The second kappa shape index (κ2) is 10.6. The van der Waals surface area contributed by atoms with Crippen LogP contribution >= 0.6 is 0 Å². The zero-order valence-corrected chi connectivity index (χ0v) is 18.0. The molecule has 1 atom stereocenters. The zero-order chi connectivity index (χ0) is 23.1. The highest BCUT2D eigenvalue weighted by Gasteiger charge is 2.36. The molecule has 1 amide bonds. The van der Waals surface area contributed by atoms with E-state index in [9.17, 15) is 19.2 Å². The number of benzene rings is 2. The molecule has 8 heteroatoms. The number of ketones is 1. The van der Waals surface area contributed by atoms with Crippen LogP contribution in [0.25, 0.3) is 0 Å². The summed E-state index contributed by atoms with van der Waals surface area (Å²) in [6, 6.07) is 13.0. The summed E-state index contributed by atoms with van der Waals surface area (Å²) < 4.78 is 15.3. The lowest BCUT2D eigenvalue weighted by Crippen LogP contribution is -2.27. The molecule has 0 N–H and O–H groups in total. The number of nitrogens with zero attached hydrogens (tertiary/aromatic N) is 1. The Morgan fingerprint density at radius 2 is 1.78 bits per heavy atom. The van der Waals surface area contributed by atoms with Crippen molar-refractivity contribution in [1.29, 1.82) is 0 Å². The molecule has 0 spiro atoms. The van der Waals surface area contributed by atoms with Gasteiger partial charge < -0.3 is 19.1 Å². The first-order valence-corrected chi connectivity index (χ1v) is 10.3. The number of hydrogen-bond donors (Lipinski definition) is 0. The SMILES string of the molecule is CCCOC(=O)c1ccc(N2C[C@@H](C(=O)OCC(=O)c3cccc(OC)c3)CC2=O)cc1. The summed E-state index contributed by atoms with van der Waals surface area (Å²) in [4.78, 5) is 50.5. The fourth-order valence-corrected chi connectivity index (χ4v) is 3.30. The third-order valence-electron chi connectivity index (χ3n) is 5.05. The van der Waals surface area contributed by atoms with Crippen LogP contribution in [-0.4, -0.2) is 50.5 Å². The lowest BCUT2D eigenvalue weighted by atomic mass is 10.1. The Morgan fingerprint density at radius 3 is 2.47 bits per heavy atom. The van der Waals surface area contributed by atoms with Crippen molar-refractivity contribution in [3.8, 4) is 5.75 Å². The normalized spacial score (nSPS) is 15.4. The van der Waals surface area contributed by atoms with Gasteiger partial charge in [0.2, 0.25) is 5.91 Å². The minimum Gasteiger partial charge on any atom is -0.497 e. The Morgan fingerprint density at radius 1 is 1.03 bits per heavy atom. The summed E-state index contributed by atoms with van der Waals surface area (Å²) in [7, 11) is 1.50. The topological polar surface area (TPSA) is 99.2 Å². The third kappa shape index (κ3) is 5.51. The van der Waals surface area contributed by atoms with E-state index < -0.39 is 24.5 Å². The number of carbonyl (C=O) groups is 4. The minimum atomic E-state index is -0.671. The third-order valence-corrected chi connectivity index (χ3v) is 5.05. The first-order valence-electron chi connectivity index (χ1n) is 10.3. The lowest BCUT2D eigenvalue weighted by molar-refractivity contribution is -0.147. The van der Waals surface area contributed by atoms with Crippen LogP contribution in [0.15, 0.2) is 48.5 Å². The maximum absolute atomic E-state index is 12.4. The quantitative estimate of drug-likeness (QED) is 0.437. The van der Waals surface area contributed by atoms with Crippen LogP contribution in [0.1, 0.15) is 40.5 Å². The fourth-order valence-electron chi connectivity index (χ4n) is 3.30. The van der Waals surface area contributed by atoms with Crippen LogP contribution in [-0.2, 0) is 19.1 Å². The first-order chi connectivity index (χ1) is 15.4. The lowest BCUT2D eigenvalue weighted by Gasteiger charge is -2.17. The fraction of sp³-hybridized carbons (Fsp3) is 0.333. The predicted octanol–water partition coefficient (Wildman–Crippen LogP) is 3.04. The average Bonchev–Trinajstić information content (AvgIpc) is 3.22. The standard InChI is InChI=1S/C24H25NO7/c1-3-11-31-23(28)16-7-9-19(10-8-16)25-14-18(13-22(25)27)24(29)32-15-21(26)17-5-4-6-20(12-17)30-2/h4-10,12,18H,3,11,13-15H2,1-2H3/t18-/m0/s1. The molecule has 1 saturated heterocycles. The number of hydrogen-bond acceptors (Lipinski definition) is 7. The first kappa shape index (κ1) is 23.0. The van der Waals surface area contributed by atoms with Gasteiger partial charge in [0.1, 0.15) is 5.75 Å². The van der Waals surface area contributed by atoms with Gasteiger partial charge in [-0.05, 0) is 42.8 Å². The number of ether oxygens (including phenoxy) is 3. The van der Waals surface area contributed by atoms with Gasteiger partial charge in [-0.1, -0.05) is 19.1 Å². The molecule has 2 aromatic rings. The molecule has 0 bridgehead atoms. The van der Waals surface area contributed by atoms with Gasteiger partial charge in [0.15, 0.2) is 12.4 Å². The van der Waals surface area contributed by atoms with Gasteiger partial charge in [0, 0.05) is 24.2 Å². The van der Waals surface area contributed by atoms with Gasteiger partial charge in [-0.15, -0.1) is 0 Å². The molecule has 3 rings (SSSR count). The molecule has 0 saturated carbocycles. The molecule has 1 aliphatic rings.